The second-order valence-electron chi connectivity index (χ2n) is 7.14. The fourth-order valence-electron chi connectivity index (χ4n) is 3.82. The van der Waals surface area contributed by atoms with Gasteiger partial charge in [-0.1, -0.05) is 23.9 Å². The Morgan fingerprint density at radius 2 is 2.18 bits per heavy atom. The Morgan fingerprint density at radius 3 is 3.07 bits per heavy atom. The van der Waals surface area contributed by atoms with E-state index >= 15 is 0 Å². The number of nitrogens with one attached hydrogen (secondary N) is 1. The van der Waals surface area contributed by atoms with Crippen LogP contribution in [0.15, 0.2) is 40.5 Å². The lowest BCUT2D eigenvalue weighted by atomic mass is 10.1. The summed E-state index contributed by atoms with van der Waals surface area (Å²) in [6.07, 6.45) is 7.02. The summed E-state index contributed by atoms with van der Waals surface area (Å²) in [4.78, 5) is 27.1. The molecule has 1 aromatic carbocycles. The molecule has 5 rings (SSSR count). The van der Waals surface area contributed by atoms with Crippen LogP contribution in [-0.2, 0) is 18.6 Å². The van der Waals surface area contributed by atoms with Crippen molar-refractivity contribution in [3.05, 3.63) is 68.3 Å². The fourth-order valence-corrected chi connectivity index (χ4v) is 5.94. The van der Waals surface area contributed by atoms with Gasteiger partial charge >= 0.3 is 0 Å². The number of nitrogens with zero attached hydrogens (tertiary/aromatic N) is 3. The summed E-state index contributed by atoms with van der Waals surface area (Å²) in [5, 5.41) is 1.70. The number of thioether (sulfide) groups is 1. The third-order valence-electron chi connectivity index (χ3n) is 5.40. The lowest BCUT2D eigenvalue weighted by molar-refractivity contribution is 0.883. The van der Waals surface area contributed by atoms with Crippen molar-refractivity contribution in [1.82, 2.24) is 19.5 Å². The maximum Gasteiger partial charge on any atom is 0.259 e. The molecule has 1 aliphatic rings. The Labute approximate surface area is 170 Å². The van der Waals surface area contributed by atoms with E-state index in [4.69, 9.17) is 4.98 Å². The van der Waals surface area contributed by atoms with Crippen molar-refractivity contribution in [2.75, 3.05) is 0 Å². The molecule has 0 radical (unpaired) electrons. The van der Waals surface area contributed by atoms with Crippen molar-refractivity contribution in [2.45, 2.75) is 44.0 Å². The van der Waals surface area contributed by atoms with Crippen molar-refractivity contribution in [1.29, 1.82) is 0 Å². The Hall–Kier alpha value is -2.38. The molecule has 0 saturated carbocycles. The predicted octanol–water partition coefficient (Wildman–Crippen LogP) is 4.57. The Bertz CT molecular complexity index is 1250. The number of rotatable bonds is 4. The number of aromatic nitrogens is 4. The van der Waals surface area contributed by atoms with E-state index in [2.05, 4.69) is 46.6 Å². The minimum absolute atomic E-state index is 0.00197. The second-order valence-corrected chi connectivity index (χ2v) is 9.16. The smallest absolute Gasteiger partial charge is 0.259 e. The third kappa shape index (κ3) is 2.89. The number of H-pyrrole nitrogens is 1. The summed E-state index contributed by atoms with van der Waals surface area (Å²) in [7, 11) is 0. The van der Waals surface area contributed by atoms with E-state index in [0.717, 1.165) is 40.3 Å². The molecule has 0 spiro atoms. The quantitative estimate of drug-likeness (QED) is 0.503. The Kier molecular flexibility index (Phi) is 4.36. The minimum Gasteiger partial charge on any atom is -0.309 e. The first kappa shape index (κ1) is 17.7. The topological polar surface area (TPSA) is 63.6 Å². The van der Waals surface area contributed by atoms with E-state index in [0.29, 0.717) is 11.6 Å². The number of hydrogen-bond acceptors (Lipinski definition) is 5. The summed E-state index contributed by atoms with van der Waals surface area (Å²) in [6, 6.07) is 6.29. The molecule has 28 heavy (non-hydrogen) atoms. The number of imidazole rings is 1. The van der Waals surface area contributed by atoms with Gasteiger partial charge in [-0.05, 0) is 55.9 Å². The van der Waals surface area contributed by atoms with Crippen LogP contribution >= 0.6 is 23.1 Å². The van der Waals surface area contributed by atoms with E-state index < -0.39 is 0 Å². The van der Waals surface area contributed by atoms with E-state index in [-0.39, 0.29) is 5.56 Å². The van der Waals surface area contributed by atoms with Gasteiger partial charge in [0, 0.05) is 17.3 Å². The summed E-state index contributed by atoms with van der Waals surface area (Å²) in [6.45, 7) is 4.24. The molecule has 142 valence electrons. The molecular weight excluding hydrogens is 388 g/mol. The standard InChI is InChI=1S/C21H20N4OS2/c1-12-5-3-7-15(13(12)2)25-10-9-22-21(25)27-11-17-23-19(26)18-14-6-4-8-16(14)28-20(18)24-17/h3,5,7,9-10H,4,6,8,11H2,1-2H3,(H,23,24,26). The maximum absolute atomic E-state index is 12.6. The lowest BCUT2D eigenvalue weighted by Crippen LogP contribution is -2.11. The van der Waals surface area contributed by atoms with Crippen LogP contribution in [0.1, 0.15) is 33.8 Å². The zero-order valence-corrected chi connectivity index (χ0v) is 17.4. The monoisotopic (exact) mass is 408 g/mol. The third-order valence-corrected chi connectivity index (χ3v) is 7.57. The van der Waals surface area contributed by atoms with E-state index in [1.54, 1.807) is 23.1 Å². The summed E-state index contributed by atoms with van der Waals surface area (Å²) in [5.41, 5.74) is 4.84. The highest BCUT2D eigenvalue weighted by Crippen LogP contribution is 2.35. The highest BCUT2D eigenvalue weighted by atomic mass is 32.2. The first-order chi connectivity index (χ1) is 13.6. The van der Waals surface area contributed by atoms with E-state index in [1.807, 2.05) is 12.4 Å². The maximum atomic E-state index is 12.6. The van der Waals surface area contributed by atoms with Crippen LogP contribution in [-0.4, -0.2) is 19.5 Å². The predicted molar refractivity (Wildman–Crippen MR) is 115 cm³/mol. The number of hydrogen-bond donors (Lipinski definition) is 1. The van der Waals surface area contributed by atoms with Gasteiger partial charge in [0.2, 0.25) is 0 Å². The average Bonchev–Trinajstić information content (AvgIpc) is 3.37. The molecule has 0 saturated heterocycles. The zero-order valence-electron chi connectivity index (χ0n) is 15.8. The van der Waals surface area contributed by atoms with Crippen molar-refractivity contribution < 1.29 is 0 Å². The molecule has 0 fully saturated rings. The summed E-state index contributed by atoms with van der Waals surface area (Å²) >= 11 is 3.27. The van der Waals surface area contributed by atoms with E-state index in [9.17, 15) is 4.79 Å². The first-order valence-electron chi connectivity index (χ1n) is 9.38. The Balaban J connectivity index is 1.44. The number of aromatic amines is 1. The molecule has 4 aromatic rings. The highest BCUT2D eigenvalue weighted by Gasteiger charge is 2.21. The first-order valence-corrected chi connectivity index (χ1v) is 11.2. The van der Waals surface area contributed by atoms with Crippen LogP contribution in [0.4, 0.5) is 0 Å². The molecule has 0 amide bonds. The van der Waals surface area contributed by atoms with Crippen LogP contribution in [0.5, 0.6) is 0 Å². The molecule has 1 N–H and O–H groups in total. The minimum atomic E-state index is -0.00197. The number of aryl methyl sites for hydroxylation is 3. The molecule has 0 aliphatic heterocycles. The van der Waals surface area contributed by atoms with Crippen LogP contribution in [0, 0.1) is 13.8 Å². The number of fused-ring (bicyclic) bond motifs is 3. The van der Waals surface area contributed by atoms with Gasteiger partial charge in [0.25, 0.3) is 5.56 Å². The molecule has 3 aromatic heterocycles. The van der Waals surface area contributed by atoms with Crippen molar-refractivity contribution in [3.63, 3.8) is 0 Å². The molecule has 1 aliphatic carbocycles. The van der Waals surface area contributed by atoms with Crippen LogP contribution < -0.4 is 5.56 Å². The van der Waals surface area contributed by atoms with Gasteiger partial charge in [-0.3, -0.25) is 9.36 Å². The average molecular weight is 409 g/mol. The van der Waals surface area contributed by atoms with Crippen LogP contribution in [0.2, 0.25) is 0 Å². The molecule has 0 unspecified atom stereocenters. The number of thiophene rings is 1. The SMILES string of the molecule is Cc1cccc(-n2ccnc2SCc2nc3sc4c(c3c(=O)[nH]2)CCC4)c1C. The molecule has 0 atom stereocenters. The van der Waals surface area contributed by atoms with Gasteiger partial charge in [-0.2, -0.15) is 0 Å². The Morgan fingerprint density at radius 1 is 1.29 bits per heavy atom. The van der Waals surface area contributed by atoms with Gasteiger partial charge in [-0.15, -0.1) is 11.3 Å². The second kappa shape index (κ2) is 6.90. The molecule has 7 heteroatoms. The van der Waals surface area contributed by atoms with Gasteiger partial charge < -0.3 is 4.98 Å². The van der Waals surface area contributed by atoms with Gasteiger partial charge in [-0.25, -0.2) is 9.97 Å². The lowest BCUT2D eigenvalue weighted by Gasteiger charge is -2.12. The zero-order chi connectivity index (χ0) is 19.3. The van der Waals surface area contributed by atoms with Crippen molar-refractivity contribution in [2.24, 2.45) is 0 Å². The number of benzene rings is 1. The molecule has 0 bridgehead atoms. The van der Waals surface area contributed by atoms with Gasteiger partial charge in [0.1, 0.15) is 10.7 Å². The van der Waals surface area contributed by atoms with Crippen molar-refractivity contribution in [3.8, 4) is 5.69 Å². The van der Waals surface area contributed by atoms with Crippen LogP contribution in [0.3, 0.4) is 0 Å². The summed E-state index contributed by atoms with van der Waals surface area (Å²) in [5.74, 6) is 1.29. The normalized spacial score (nSPS) is 13.4. The van der Waals surface area contributed by atoms with Crippen molar-refractivity contribution >= 4 is 33.3 Å². The fraction of sp³-hybridized carbons (Fsp3) is 0.286. The summed E-state index contributed by atoms with van der Waals surface area (Å²) < 4.78 is 2.10. The van der Waals surface area contributed by atoms with Crippen LogP contribution in [0.25, 0.3) is 15.9 Å². The largest absolute Gasteiger partial charge is 0.309 e. The molecule has 5 nitrogen and oxygen atoms in total. The highest BCUT2D eigenvalue weighted by molar-refractivity contribution is 7.98. The molecule has 3 heterocycles. The molecular formula is C21H20N4OS2. The van der Waals surface area contributed by atoms with Gasteiger partial charge in [0.15, 0.2) is 5.16 Å². The van der Waals surface area contributed by atoms with E-state index in [1.165, 1.54) is 21.6 Å². The van der Waals surface area contributed by atoms with Gasteiger partial charge in [0.05, 0.1) is 16.8 Å².